The maximum Gasteiger partial charge on any atom is 0.276 e. The van der Waals surface area contributed by atoms with Gasteiger partial charge in [-0.25, -0.2) is 0 Å². The van der Waals surface area contributed by atoms with E-state index < -0.39 is 10.8 Å². The van der Waals surface area contributed by atoms with Crippen LogP contribution < -0.4 is 19.5 Å². The number of anilines is 1. The molecule has 9 nitrogen and oxygen atoms in total. The number of nitrogens with one attached hydrogen (secondary N) is 1. The molecule has 180 valence electrons. The summed E-state index contributed by atoms with van der Waals surface area (Å²) in [7, 11) is 4.60. The molecule has 3 aromatic carbocycles. The van der Waals surface area contributed by atoms with Crippen LogP contribution in [0.2, 0.25) is 0 Å². The molecule has 0 heterocycles. The van der Waals surface area contributed by atoms with Crippen LogP contribution in [0.5, 0.6) is 23.0 Å². The van der Waals surface area contributed by atoms with Gasteiger partial charge in [-0.05, 0) is 47.5 Å². The van der Waals surface area contributed by atoms with Gasteiger partial charge in [-0.1, -0.05) is 30.4 Å². The van der Waals surface area contributed by atoms with Gasteiger partial charge in [0.15, 0.2) is 11.5 Å². The van der Waals surface area contributed by atoms with Gasteiger partial charge < -0.3 is 24.6 Å². The smallest absolute Gasteiger partial charge is 0.276 e. The number of hydrogen-bond donors (Lipinski definition) is 2. The minimum absolute atomic E-state index is 0.109. The summed E-state index contributed by atoms with van der Waals surface area (Å²) in [6.45, 7) is 0. The molecular formula is C26H24N2O7. The Hall–Kier alpha value is -4.79. The highest BCUT2D eigenvalue weighted by atomic mass is 16.6. The maximum atomic E-state index is 12.3. The number of ether oxygens (including phenoxy) is 3. The van der Waals surface area contributed by atoms with Gasteiger partial charge in [0.05, 0.1) is 37.5 Å². The predicted octanol–water partition coefficient (Wildman–Crippen LogP) is 5.15. The average molecular weight is 476 g/mol. The summed E-state index contributed by atoms with van der Waals surface area (Å²) in [5, 5.41) is 24.0. The normalized spacial score (nSPS) is 10.9. The molecule has 1 amide bonds. The third kappa shape index (κ3) is 6.17. The van der Waals surface area contributed by atoms with Crippen LogP contribution in [0.4, 0.5) is 11.4 Å². The fourth-order valence-electron chi connectivity index (χ4n) is 3.28. The van der Waals surface area contributed by atoms with Crippen molar-refractivity contribution >= 4 is 35.5 Å². The number of phenols is 1. The van der Waals surface area contributed by atoms with Crippen molar-refractivity contribution in [2.45, 2.75) is 0 Å². The van der Waals surface area contributed by atoms with Crippen molar-refractivity contribution in [3.8, 4) is 23.0 Å². The molecule has 0 atom stereocenters. The lowest BCUT2D eigenvalue weighted by Crippen LogP contribution is -2.08. The molecule has 0 aromatic heterocycles. The first-order chi connectivity index (χ1) is 16.9. The van der Waals surface area contributed by atoms with Crippen molar-refractivity contribution in [3.63, 3.8) is 0 Å². The highest BCUT2D eigenvalue weighted by Crippen LogP contribution is 2.38. The number of amides is 1. The number of carbonyl (C=O) groups excluding carboxylic acids is 1. The summed E-state index contributed by atoms with van der Waals surface area (Å²) in [5.74, 6) is 0.840. The summed E-state index contributed by atoms with van der Waals surface area (Å²) in [6, 6.07) is 14.4. The van der Waals surface area contributed by atoms with Gasteiger partial charge in [0.25, 0.3) is 5.69 Å². The van der Waals surface area contributed by atoms with Crippen LogP contribution in [0.15, 0.2) is 60.7 Å². The van der Waals surface area contributed by atoms with Gasteiger partial charge in [-0.2, -0.15) is 0 Å². The number of methoxy groups -OCH3 is 3. The van der Waals surface area contributed by atoms with Crippen molar-refractivity contribution in [1.82, 2.24) is 0 Å². The lowest BCUT2D eigenvalue weighted by molar-refractivity contribution is -0.385. The van der Waals surface area contributed by atoms with E-state index in [1.165, 1.54) is 51.7 Å². The summed E-state index contributed by atoms with van der Waals surface area (Å²) in [5.41, 5.74) is 1.86. The Bertz CT molecular complexity index is 1270. The van der Waals surface area contributed by atoms with Crippen LogP contribution in [-0.2, 0) is 4.79 Å². The van der Waals surface area contributed by atoms with Crippen LogP contribution in [0.3, 0.4) is 0 Å². The number of nitrogens with zero attached hydrogens (tertiary/aromatic N) is 1. The summed E-state index contributed by atoms with van der Waals surface area (Å²) < 4.78 is 16.0. The van der Waals surface area contributed by atoms with Crippen molar-refractivity contribution in [2.75, 3.05) is 26.6 Å². The Morgan fingerprint density at radius 3 is 2.17 bits per heavy atom. The third-order valence-corrected chi connectivity index (χ3v) is 4.98. The van der Waals surface area contributed by atoms with Crippen LogP contribution in [0.25, 0.3) is 18.2 Å². The average Bonchev–Trinajstić information content (AvgIpc) is 2.86. The Morgan fingerprint density at radius 1 is 0.914 bits per heavy atom. The SMILES string of the molecule is COc1cc(/C=C/c2ccc(NC(=O)/C=C/c3ccccc3[N+](=O)[O-])c(O)c2)cc(OC)c1OC. The monoisotopic (exact) mass is 476 g/mol. The van der Waals surface area contributed by atoms with Crippen molar-refractivity contribution in [2.24, 2.45) is 0 Å². The highest BCUT2D eigenvalue weighted by molar-refractivity contribution is 6.03. The number of rotatable bonds is 9. The number of para-hydroxylation sites is 1. The summed E-state index contributed by atoms with van der Waals surface area (Å²) in [4.78, 5) is 22.8. The Kier molecular flexibility index (Phi) is 8.07. The number of carbonyl (C=O) groups is 1. The Morgan fingerprint density at radius 2 is 1.57 bits per heavy atom. The second-order valence-corrected chi connectivity index (χ2v) is 7.21. The molecule has 0 saturated heterocycles. The van der Waals surface area contributed by atoms with Crippen molar-refractivity contribution < 1.29 is 29.0 Å². The van der Waals surface area contributed by atoms with E-state index in [-0.39, 0.29) is 17.1 Å². The number of phenolic OH excluding ortho intramolecular Hbond substituents is 1. The molecule has 3 rings (SSSR count). The first kappa shape index (κ1) is 24.8. The van der Waals surface area contributed by atoms with Crippen LogP contribution >= 0.6 is 0 Å². The van der Waals surface area contributed by atoms with E-state index in [0.29, 0.717) is 28.4 Å². The van der Waals surface area contributed by atoms with Crippen molar-refractivity contribution in [1.29, 1.82) is 0 Å². The first-order valence-electron chi connectivity index (χ1n) is 10.4. The minimum Gasteiger partial charge on any atom is -0.506 e. The zero-order valence-corrected chi connectivity index (χ0v) is 19.3. The van der Waals surface area contributed by atoms with E-state index in [4.69, 9.17) is 14.2 Å². The summed E-state index contributed by atoms with van der Waals surface area (Å²) >= 11 is 0. The van der Waals surface area contributed by atoms with Gasteiger partial charge in [0.1, 0.15) is 5.75 Å². The minimum atomic E-state index is -0.542. The standard InChI is InChI=1S/C26H24N2O7/c1-33-23-15-18(16-24(34-2)26(23)35-3)9-8-17-10-12-20(22(29)14-17)27-25(30)13-11-19-6-4-5-7-21(19)28(31)32/h4-16,29H,1-3H3,(H,27,30)/b9-8+,13-11+. The number of hydrogen-bond acceptors (Lipinski definition) is 7. The van der Waals surface area contributed by atoms with Crippen LogP contribution in [0, 0.1) is 10.1 Å². The molecule has 0 aliphatic carbocycles. The number of aromatic hydroxyl groups is 1. The topological polar surface area (TPSA) is 120 Å². The van der Waals surface area contributed by atoms with Crippen LogP contribution in [0.1, 0.15) is 16.7 Å². The second kappa shape index (κ2) is 11.4. The zero-order valence-electron chi connectivity index (χ0n) is 19.3. The van der Waals surface area contributed by atoms with Crippen molar-refractivity contribution in [3.05, 3.63) is 87.5 Å². The third-order valence-electron chi connectivity index (χ3n) is 4.98. The molecule has 9 heteroatoms. The lowest BCUT2D eigenvalue weighted by atomic mass is 10.1. The fraction of sp³-hybridized carbons (Fsp3) is 0.115. The Balaban J connectivity index is 1.73. The molecule has 0 aliphatic heterocycles. The number of nitro benzene ring substituents is 1. The largest absolute Gasteiger partial charge is 0.506 e. The van der Waals surface area contributed by atoms with E-state index in [0.717, 1.165) is 5.56 Å². The highest BCUT2D eigenvalue weighted by Gasteiger charge is 2.13. The van der Waals surface area contributed by atoms with Gasteiger partial charge in [0, 0.05) is 12.1 Å². The Labute approximate surface area is 202 Å². The molecule has 0 spiro atoms. The molecular weight excluding hydrogens is 452 g/mol. The van der Waals surface area contributed by atoms with Gasteiger partial charge in [-0.15, -0.1) is 0 Å². The quantitative estimate of drug-likeness (QED) is 0.144. The van der Waals surface area contributed by atoms with Gasteiger partial charge in [0.2, 0.25) is 11.7 Å². The van der Waals surface area contributed by atoms with Gasteiger partial charge in [-0.3, -0.25) is 14.9 Å². The maximum absolute atomic E-state index is 12.3. The molecule has 3 aromatic rings. The second-order valence-electron chi connectivity index (χ2n) is 7.21. The molecule has 0 bridgehead atoms. The number of benzene rings is 3. The predicted molar refractivity (Wildman–Crippen MR) is 134 cm³/mol. The molecule has 0 saturated carbocycles. The van der Waals surface area contributed by atoms with E-state index in [9.17, 15) is 20.0 Å². The molecule has 0 fully saturated rings. The first-order valence-corrected chi connectivity index (χ1v) is 10.4. The molecule has 2 N–H and O–H groups in total. The van der Waals surface area contributed by atoms with E-state index in [1.807, 2.05) is 6.08 Å². The molecule has 0 aliphatic rings. The fourth-order valence-corrected chi connectivity index (χ4v) is 3.28. The zero-order chi connectivity index (χ0) is 25.4. The van der Waals surface area contributed by atoms with Gasteiger partial charge >= 0.3 is 0 Å². The van der Waals surface area contributed by atoms with E-state index in [2.05, 4.69) is 5.32 Å². The van der Waals surface area contributed by atoms with Crippen LogP contribution in [-0.4, -0.2) is 37.3 Å². The lowest BCUT2D eigenvalue weighted by Gasteiger charge is -2.12. The summed E-state index contributed by atoms with van der Waals surface area (Å²) in [6.07, 6.45) is 6.10. The molecule has 0 radical (unpaired) electrons. The molecule has 35 heavy (non-hydrogen) atoms. The van der Waals surface area contributed by atoms with E-state index >= 15 is 0 Å². The van der Waals surface area contributed by atoms with E-state index in [1.54, 1.807) is 42.5 Å². The molecule has 0 unspecified atom stereocenters. The number of nitro groups is 1.